The number of nitrogens with zero attached hydrogens (tertiary/aromatic N) is 2. The number of nitrogens with one attached hydrogen (secondary N) is 1. The van der Waals surface area contributed by atoms with Crippen molar-refractivity contribution in [2.45, 2.75) is 11.9 Å². The fourth-order valence-corrected chi connectivity index (χ4v) is 3.34. The van der Waals surface area contributed by atoms with E-state index in [1.165, 1.54) is 7.05 Å². The van der Waals surface area contributed by atoms with E-state index >= 15 is 0 Å². The highest BCUT2D eigenvalue weighted by atomic mass is 32.2. The second-order valence-corrected chi connectivity index (χ2v) is 8.53. The third-order valence-corrected chi connectivity index (χ3v) is 5.30. The molecule has 1 heterocycles. The largest absolute Gasteiger partial charge is 0.462 e. The van der Waals surface area contributed by atoms with Gasteiger partial charge in [-0.2, -0.15) is 9.40 Å². The molecule has 120 valence electrons. The van der Waals surface area contributed by atoms with E-state index in [-0.39, 0.29) is 24.5 Å². The molecule has 0 radical (unpaired) electrons. The lowest BCUT2D eigenvalue weighted by Crippen LogP contribution is -2.32. The molecule has 0 aliphatic heterocycles. The van der Waals surface area contributed by atoms with Gasteiger partial charge in [0.1, 0.15) is 15.4 Å². The number of ether oxygens (including phenoxy) is 1. The molecule has 0 aromatic carbocycles. The Morgan fingerprint density at radius 3 is 2.52 bits per heavy atom. The van der Waals surface area contributed by atoms with Crippen LogP contribution in [0.2, 0.25) is 0 Å². The molecule has 0 fully saturated rings. The Balaban J connectivity index is 3.03. The Bertz CT molecular complexity index is 707. The van der Waals surface area contributed by atoms with Gasteiger partial charge in [-0.25, -0.2) is 21.6 Å². The summed E-state index contributed by atoms with van der Waals surface area (Å²) in [5.41, 5.74) is -0.219. The van der Waals surface area contributed by atoms with Crippen LogP contribution in [-0.4, -0.2) is 69.5 Å². The first-order chi connectivity index (χ1) is 9.59. The van der Waals surface area contributed by atoms with E-state index in [1.54, 1.807) is 6.92 Å². The molecule has 0 aliphatic carbocycles. The summed E-state index contributed by atoms with van der Waals surface area (Å²) < 4.78 is 52.3. The zero-order valence-corrected chi connectivity index (χ0v) is 13.5. The van der Waals surface area contributed by atoms with Gasteiger partial charge in [0.2, 0.25) is 0 Å². The second kappa shape index (κ2) is 6.54. The lowest BCUT2D eigenvalue weighted by Gasteiger charge is -2.16. The molecule has 0 unspecified atom stereocenters. The molecule has 0 bridgehead atoms. The van der Waals surface area contributed by atoms with E-state index in [4.69, 9.17) is 4.74 Å². The van der Waals surface area contributed by atoms with Crippen LogP contribution in [0.3, 0.4) is 0 Å². The molecule has 0 aliphatic rings. The molecule has 21 heavy (non-hydrogen) atoms. The number of esters is 1. The second-order valence-electron chi connectivity index (χ2n) is 4.29. The predicted molar refractivity (Wildman–Crippen MR) is 74.1 cm³/mol. The highest BCUT2D eigenvalue weighted by molar-refractivity contribution is 7.91. The van der Waals surface area contributed by atoms with Crippen molar-refractivity contribution in [1.82, 2.24) is 14.5 Å². The van der Waals surface area contributed by atoms with Crippen molar-refractivity contribution in [3.8, 4) is 0 Å². The van der Waals surface area contributed by atoms with Gasteiger partial charge >= 0.3 is 5.97 Å². The SMILES string of the molecule is CCOC(=O)c1cn[nH]c1S(=O)(=O)N(C)CCS(C)(=O)=O. The van der Waals surface area contributed by atoms with Gasteiger partial charge in [0.05, 0.1) is 18.6 Å². The first-order valence-electron chi connectivity index (χ1n) is 5.94. The Morgan fingerprint density at radius 2 is 2.00 bits per heavy atom. The Kier molecular flexibility index (Phi) is 5.48. The maximum atomic E-state index is 12.3. The number of hydrogen-bond acceptors (Lipinski definition) is 7. The zero-order chi connectivity index (χ0) is 16.3. The maximum absolute atomic E-state index is 12.3. The summed E-state index contributed by atoms with van der Waals surface area (Å²) in [5, 5.41) is 5.35. The molecule has 1 aromatic heterocycles. The molecule has 1 aromatic rings. The van der Waals surface area contributed by atoms with E-state index in [2.05, 4.69) is 10.2 Å². The quantitative estimate of drug-likeness (QED) is 0.648. The monoisotopic (exact) mass is 339 g/mol. The van der Waals surface area contributed by atoms with Crippen LogP contribution in [0, 0.1) is 0 Å². The topological polar surface area (TPSA) is 126 Å². The van der Waals surface area contributed by atoms with Crippen LogP contribution >= 0.6 is 0 Å². The average molecular weight is 339 g/mol. The molecule has 1 N–H and O–H groups in total. The fourth-order valence-electron chi connectivity index (χ4n) is 1.40. The van der Waals surface area contributed by atoms with Crippen LogP contribution in [0.1, 0.15) is 17.3 Å². The summed E-state index contributed by atoms with van der Waals surface area (Å²) in [6, 6.07) is 0. The zero-order valence-electron chi connectivity index (χ0n) is 11.9. The Hall–Kier alpha value is -1.46. The van der Waals surface area contributed by atoms with Gasteiger partial charge in [-0.05, 0) is 6.92 Å². The van der Waals surface area contributed by atoms with Gasteiger partial charge < -0.3 is 4.74 Å². The first-order valence-corrected chi connectivity index (χ1v) is 9.44. The van der Waals surface area contributed by atoms with Gasteiger partial charge in [0.15, 0.2) is 5.03 Å². The molecule has 0 atom stereocenters. The van der Waals surface area contributed by atoms with Crippen LogP contribution < -0.4 is 0 Å². The van der Waals surface area contributed by atoms with Gasteiger partial charge in [0, 0.05) is 19.8 Å². The molecule has 1 rings (SSSR count). The van der Waals surface area contributed by atoms with Crippen molar-refractivity contribution in [3.05, 3.63) is 11.8 Å². The number of sulfonamides is 1. The van der Waals surface area contributed by atoms with Crippen molar-refractivity contribution in [2.24, 2.45) is 0 Å². The van der Waals surface area contributed by atoms with Crippen molar-refractivity contribution < 1.29 is 26.4 Å². The van der Waals surface area contributed by atoms with Crippen molar-refractivity contribution in [3.63, 3.8) is 0 Å². The van der Waals surface area contributed by atoms with Crippen LogP contribution in [0.4, 0.5) is 0 Å². The number of aromatic nitrogens is 2. The smallest absolute Gasteiger partial charge is 0.342 e. The molecule has 0 saturated carbocycles. The molecule has 11 heteroatoms. The van der Waals surface area contributed by atoms with Gasteiger partial charge in [0.25, 0.3) is 10.0 Å². The number of H-pyrrole nitrogens is 1. The average Bonchev–Trinajstić information content (AvgIpc) is 2.85. The van der Waals surface area contributed by atoms with Gasteiger partial charge in [-0.3, -0.25) is 5.10 Å². The van der Waals surface area contributed by atoms with Crippen LogP contribution in [0.15, 0.2) is 11.2 Å². The minimum Gasteiger partial charge on any atom is -0.462 e. The van der Waals surface area contributed by atoms with Crippen LogP contribution in [0.5, 0.6) is 0 Å². The number of hydrogen-bond donors (Lipinski definition) is 1. The summed E-state index contributed by atoms with van der Waals surface area (Å²) in [4.78, 5) is 11.7. The number of aromatic amines is 1. The molecule has 0 spiro atoms. The number of carbonyl (C=O) groups is 1. The highest BCUT2D eigenvalue weighted by Crippen LogP contribution is 2.17. The molecular formula is C10H17N3O6S2. The normalized spacial score (nSPS) is 12.6. The molecule has 9 nitrogen and oxygen atoms in total. The first kappa shape index (κ1) is 17.6. The molecule has 0 saturated heterocycles. The van der Waals surface area contributed by atoms with E-state index in [0.29, 0.717) is 0 Å². The van der Waals surface area contributed by atoms with E-state index in [9.17, 15) is 21.6 Å². The summed E-state index contributed by atoms with van der Waals surface area (Å²) in [7, 11) is -6.15. The van der Waals surface area contributed by atoms with Crippen molar-refractivity contribution in [2.75, 3.05) is 32.2 Å². The van der Waals surface area contributed by atoms with Gasteiger partial charge in [-0.1, -0.05) is 0 Å². The predicted octanol–water partition coefficient (Wildman–Crippen LogP) is -0.748. The minimum atomic E-state index is -4.06. The number of rotatable bonds is 7. The Morgan fingerprint density at radius 1 is 1.38 bits per heavy atom. The third-order valence-electron chi connectivity index (χ3n) is 2.54. The summed E-state index contributed by atoms with van der Waals surface area (Å²) in [6.07, 6.45) is 2.06. The number of carbonyl (C=O) groups excluding carboxylic acids is 1. The summed E-state index contributed by atoms with van der Waals surface area (Å²) in [5.74, 6) is -1.15. The fraction of sp³-hybridized carbons (Fsp3) is 0.600. The van der Waals surface area contributed by atoms with Gasteiger partial charge in [-0.15, -0.1) is 0 Å². The standard InChI is InChI=1S/C10H17N3O6S2/c1-4-19-10(14)8-7-11-12-9(8)21(17,18)13(2)5-6-20(3,15)16/h7H,4-6H2,1-3H3,(H,11,12). The maximum Gasteiger partial charge on any atom is 0.342 e. The van der Waals surface area contributed by atoms with E-state index < -0.39 is 30.9 Å². The van der Waals surface area contributed by atoms with Crippen molar-refractivity contribution >= 4 is 25.8 Å². The summed E-state index contributed by atoms with van der Waals surface area (Å²) >= 11 is 0. The minimum absolute atomic E-state index is 0.0907. The highest BCUT2D eigenvalue weighted by Gasteiger charge is 2.29. The summed E-state index contributed by atoms with van der Waals surface area (Å²) in [6.45, 7) is 1.44. The number of sulfone groups is 1. The van der Waals surface area contributed by atoms with Crippen LogP contribution in [-0.2, 0) is 24.6 Å². The van der Waals surface area contributed by atoms with E-state index in [1.807, 2.05) is 0 Å². The van der Waals surface area contributed by atoms with E-state index in [0.717, 1.165) is 16.8 Å². The lowest BCUT2D eigenvalue weighted by molar-refractivity contribution is 0.0521. The van der Waals surface area contributed by atoms with Crippen LogP contribution in [0.25, 0.3) is 0 Å². The third kappa shape index (κ3) is 4.51. The Labute approximate surface area is 123 Å². The van der Waals surface area contributed by atoms with Crippen molar-refractivity contribution in [1.29, 1.82) is 0 Å². The molecular weight excluding hydrogens is 322 g/mol. The lowest BCUT2D eigenvalue weighted by atomic mass is 10.4. The molecule has 0 amide bonds.